The van der Waals surface area contributed by atoms with E-state index in [-0.39, 0.29) is 6.04 Å². The van der Waals surface area contributed by atoms with Gasteiger partial charge in [0.1, 0.15) is 5.52 Å². The number of rotatable bonds is 6. The monoisotopic (exact) mass is 284 g/mol. The van der Waals surface area contributed by atoms with Crippen LogP contribution in [0.25, 0.3) is 11.0 Å². The Kier molecular flexibility index (Phi) is 4.68. The molecule has 0 unspecified atom stereocenters. The van der Waals surface area contributed by atoms with Gasteiger partial charge >= 0.3 is 0 Å². The fourth-order valence-corrected chi connectivity index (χ4v) is 2.28. The van der Waals surface area contributed by atoms with E-state index in [1.807, 2.05) is 17.7 Å². The summed E-state index contributed by atoms with van der Waals surface area (Å²) in [4.78, 5) is 4.18. The summed E-state index contributed by atoms with van der Waals surface area (Å²) in [6, 6.07) is 1.99. The van der Waals surface area contributed by atoms with Crippen LogP contribution >= 0.6 is 11.6 Å². The Balaban J connectivity index is 2.41. The summed E-state index contributed by atoms with van der Waals surface area (Å²) in [7, 11) is 3.34. The SMILES string of the molecule is COCC[C@@H](COC)n1nnc2c(Cl)nc(C)cc21. The van der Waals surface area contributed by atoms with Crippen molar-refractivity contribution in [3.8, 4) is 0 Å². The lowest BCUT2D eigenvalue weighted by Crippen LogP contribution is -2.18. The second-order valence-corrected chi connectivity index (χ2v) is 4.70. The van der Waals surface area contributed by atoms with E-state index < -0.39 is 0 Å². The summed E-state index contributed by atoms with van der Waals surface area (Å²) < 4.78 is 12.2. The first-order chi connectivity index (χ1) is 9.17. The Labute approximate surface area is 116 Å². The van der Waals surface area contributed by atoms with Crippen LogP contribution in [-0.4, -0.2) is 47.4 Å². The van der Waals surface area contributed by atoms with Gasteiger partial charge in [-0.1, -0.05) is 16.8 Å². The van der Waals surface area contributed by atoms with E-state index in [0.717, 1.165) is 17.6 Å². The van der Waals surface area contributed by atoms with Crippen LogP contribution in [0.2, 0.25) is 5.15 Å². The van der Waals surface area contributed by atoms with Crippen LogP contribution in [0.3, 0.4) is 0 Å². The van der Waals surface area contributed by atoms with Gasteiger partial charge in [-0.2, -0.15) is 0 Å². The number of methoxy groups -OCH3 is 2. The molecule has 0 bridgehead atoms. The Morgan fingerprint density at radius 1 is 1.37 bits per heavy atom. The normalized spacial score (nSPS) is 13.1. The van der Waals surface area contributed by atoms with Gasteiger partial charge in [0.2, 0.25) is 0 Å². The third-order valence-electron chi connectivity index (χ3n) is 2.91. The Hall–Kier alpha value is -1.24. The molecule has 0 aliphatic rings. The summed E-state index contributed by atoms with van der Waals surface area (Å²) in [6.07, 6.45) is 0.793. The number of aromatic nitrogens is 4. The van der Waals surface area contributed by atoms with Crippen LogP contribution in [0.4, 0.5) is 0 Å². The second kappa shape index (κ2) is 6.27. The lowest BCUT2D eigenvalue weighted by molar-refractivity contribution is 0.117. The summed E-state index contributed by atoms with van der Waals surface area (Å²) in [5, 5.41) is 8.65. The molecule has 7 heteroatoms. The second-order valence-electron chi connectivity index (χ2n) is 4.35. The molecule has 0 aliphatic carbocycles. The molecule has 2 aromatic rings. The van der Waals surface area contributed by atoms with Gasteiger partial charge in [-0.15, -0.1) is 5.10 Å². The molecule has 0 radical (unpaired) electrons. The highest BCUT2D eigenvalue weighted by atomic mass is 35.5. The highest BCUT2D eigenvalue weighted by molar-refractivity contribution is 6.33. The smallest absolute Gasteiger partial charge is 0.159 e. The van der Waals surface area contributed by atoms with Gasteiger partial charge in [-0.3, -0.25) is 0 Å². The number of ether oxygens (including phenoxy) is 2. The first-order valence-electron chi connectivity index (χ1n) is 6.03. The third-order valence-corrected chi connectivity index (χ3v) is 3.17. The molecule has 0 aliphatic heterocycles. The third kappa shape index (κ3) is 3.02. The molecule has 19 heavy (non-hydrogen) atoms. The van der Waals surface area contributed by atoms with E-state index in [4.69, 9.17) is 21.1 Å². The van der Waals surface area contributed by atoms with Gasteiger partial charge in [0.25, 0.3) is 0 Å². The maximum atomic E-state index is 6.08. The molecule has 2 aromatic heterocycles. The molecule has 104 valence electrons. The van der Waals surface area contributed by atoms with E-state index in [9.17, 15) is 0 Å². The molecule has 2 heterocycles. The topological polar surface area (TPSA) is 62.1 Å². The highest BCUT2D eigenvalue weighted by Gasteiger charge is 2.18. The van der Waals surface area contributed by atoms with Gasteiger partial charge < -0.3 is 9.47 Å². The van der Waals surface area contributed by atoms with Crippen LogP contribution in [-0.2, 0) is 9.47 Å². The van der Waals surface area contributed by atoms with E-state index in [2.05, 4.69) is 15.3 Å². The van der Waals surface area contributed by atoms with Gasteiger partial charge in [-0.05, 0) is 19.4 Å². The lowest BCUT2D eigenvalue weighted by Gasteiger charge is -2.16. The van der Waals surface area contributed by atoms with Crippen molar-refractivity contribution >= 4 is 22.6 Å². The molecular weight excluding hydrogens is 268 g/mol. The fourth-order valence-electron chi connectivity index (χ4n) is 2.01. The molecule has 0 aromatic carbocycles. The predicted molar refractivity (Wildman–Crippen MR) is 72.5 cm³/mol. The predicted octanol–water partition coefficient (Wildman–Crippen LogP) is 2.01. The average molecular weight is 285 g/mol. The lowest BCUT2D eigenvalue weighted by atomic mass is 10.2. The van der Waals surface area contributed by atoms with Crippen molar-refractivity contribution in [2.75, 3.05) is 27.4 Å². The number of nitrogens with zero attached hydrogens (tertiary/aromatic N) is 4. The van der Waals surface area contributed by atoms with Crippen LogP contribution < -0.4 is 0 Å². The minimum absolute atomic E-state index is 0.0628. The van der Waals surface area contributed by atoms with Crippen molar-refractivity contribution < 1.29 is 9.47 Å². The molecule has 0 fully saturated rings. The number of halogens is 1. The van der Waals surface area contributed by atoms with Crippen molar-refractivity contribution in [3.63, 3.8) is 0 Å². The van der Waals surface area contributed by atoms with Crippen molar-refractivity contribution in [3.05, 3.63) is 16.9 Å². The highest BCUT2D eigenvalue weighted by Crippen LogP contribution is 2.23. The average Bonchev–Trinajstić information content (AvgIpc) is 2.78. The largest absolute Gasteiger partial charge is 0.385 e. The quantitative estimate of drug-likeness (QED) is 0.760. The van der Waals surface area contributed by atoms with Crippen molar-refractivity contribution in [1.29, 1.82) is 0 Å². The van der Waals surface area contributed by atoms with Gasteiger partial charge in [0.05, 0.1) is 18.2 Å². The van der Waals surface area contributed by atoms with E-state index in [0.29, 0.717) is 23.9 Å². The first kappa shape index (κ1) is 14.2. The minimum atomic E-state index is 0.0628. The maximum absolute atomic E-state index is 6.08. The van der Waals surface area contributed by atoms with Crippen molar-refractivity contribution in [2.24, 2.45) is 0 Å². The Bertz CT molecular complexity index is 558. The molecule has 0 saturated carbocycles. The summed E-state index contributed by atoms with van der Waals surface area (Å²) >= 11 is 6.08. The number of hydrogen-bond donors (Lipinski definition) is 0. The molecule has 0 amide bonds. The number of hydrogen-bond acceptors (Lipinski definition) is 5. The Morgan fingerprint density at radius 3 is 2.84 bits per heavy atom. The van der Waals surface area contributed by atoms with Gasteiger partial charge in [-0.25, -0.2) is 9.67 Å². The molecule has 0 N–H and O–H groups in total. The molecular formula is C12H17ClN4O2. The van der Waals surface area contributed by atoms with Crippen LogP contribution in [0.1, 0.15) is 18.2 Å². The van der Waals surface area contributed by atoms with E-state index >= 15 is 0 Å². The number of fused-ring (bicyclic) bond motifs is 1. The first-order valence-corrected chi connectivity index (χ1v) is 6.41. The fraction of sp³-hybridized carbons (Fsp3) is 0.583. The molecule has 0 spiro atoms. The van der Waals surface area contributed by atoms with Crippen LogP contribution in [0, 0.1) is 6.92 Å². The van der Waals surface area contributed by atoms with E-state index in [1.165, 1.54) is 0 Å². The summed E-state index contributed by atoms with van der Waals surface area (Å²) in [5.74, 6) is 0. The van der Waals surface area contributed by atoms with Crippen molar-refractivity contribution in [2.45, 2.75) is 19.4 Å². The molecule has 2 rings (SSSR count). The standard InChI is InChI=1S/C12H17ClN4O2/c1-8-6-10-11(12(13)14-8)15-16-17(10)9(7-19-3)4-5-18-2/h6,9H,4-5,7H2,1-3H3/t9-/m0/s1. The number of pyridine rings is 1. The molecule has 0 saturated heterocycles. The molecule has 1 atom stereocenters. The zero-order chi connectivity index (χ0) is 13.8. The van der Waals surface area contributed by atoms with Crippen LogP contribution in [0.15, 0.2) is 6.07 Å². The maximum Gasteiger partial charge on any atom is 0.159 e. The zero-order valence-electron chi connectivity index (χ0n) is 11.3. The van der Waals surface area contributed by atoms with Crippen molar-refractivity contribution in [1.82, 2.24) is 20.0 Å². The minimum Gasteiger partial charge on any atom is -0.385 e. The van der Waals surface area contributed by atoms with Gasteiger partial charge in [0, 0.05) is 26.5 Å². The van der Waals surface area contributed by atoms with Crippen LogP contribution in [0.5, 0.6) is 0 Å². The van der Waals surface area contributed by atoms with Gasteiger partial charge in [0.15, 0.2) is 5.15 Å². The number of aryl methyl sites for hydroxylation is 1. The summed E-state index contributed by atoms with van der Waals surface area (Å²) in [6.45, 7) is 3.07. The molecule has 6 nitrogen and oxygen atoms in total. The zero-order valence-corrected chi connectivity index (χ0v) is 12.0. The Morgan fingerprint density at radius 2 is 2.16 bits per heavy atom. The summed E-state index contributed by atoms with van der Waals surface area (Å²) in [5.41, 5.74) is 2.32. The van der Waals surface area contributed by atoms with E-state index in [1.54, 1.807) is 14.2 Å².